The zero-order chi connectivity index (χ0) is 19.4. The average molecular weight is 380 g/mol. The Hall–Kier alpha value is -3.19. The summed E-state index contributed by atoms with van der Waals surface area (Å²) in [5, 5.41) is 5.49. The molecule has 0 aliphatic heterocycles. The van der Waals surface area contributed by atoms with Crippen molar-refractivity contribution in [2.45, 2.75) is 13.8 Å². The van der Waals surface area contributed by atoms with Crippen molar-refractivity contribution >= 4 is 29.7 Å². The first-order chi connectivity index (χ1) is 13.0. The lowest BCUT2D eigenvalue weighted by Gasteiger charge is -2.12. The number of carbonyl (C=O) groups is 2. The molecule has 3 N–H and O–H groups in total. The Morgan fingerprint density at radius 3 is 2.37 bits per heavy atom. The van der Waals surface area contributed by atoms with Crippen molar-refractivity contribution in [3.63, 3.8) is 0 Å². The Labute approximate surface area is 162 Å². The molecule has 0 unspecified atom stereocenters. The van der Waals surface area contributed by atoms with Gasteiger partial charge >= 0.3 is 0 Å². The summed E-state index contributed by atoms with van der Waals surface area (Å²) in [6, 6.07) is 15.1. The highest BCUT2D eigenvalue weighted by Crippen LogP contribution is 2.19. The molecular formula is C20H20N4O2S. The quantitative estimate of drug-likeness (QED) is 0.593. The molecule has 1 aromatic heterocycles. The second-order valence-electron chi connectivity index (χ2n) is 6.15. The molecule has 0 saturated heterocycles. The van der Waals surface area contributed by atoms with Crippen LogP contribution in [0.25, 0.3) is 5.69 Å². The molecule has 0 fully saturated rings. The number of nitrogens with one attached hydrogen (secondary N) is 3. The van der Waals surface area contributed by atoms with E-state index in [1.165, 1.54) is 6.20 Å². The van der Waals surface area contributed by atoms with E-state index in [1.807, 2.05) is 62.4 Å². The van der Waals surface area contributed by atoms with Crippen LogP contribution in [-0.2, 0) is 4.79 Å². The lowest BCUT2D eigenvalue weighted by molar-refractivity contribution is -0.115. The summed E-state index contributed by atoms with van der Waals surface area (Å²) in [6.07, 6.45) is 1.54. The van der Waals surface area contributed by atoms with E-state index in [2.05, 4.69) is 15.6 Å². The summed E-state index contributed by atoms with van der Waals surface area (Å²) in [4.78, 5) is 27.7. The first kappa shape index (κ1) is 18.6. The van der Waals surface area contributed by atoms with Crippen LogP contribution in [0, 0.1) is 18.6 Å². The van der Waals surface area contributed by atoms with Crippen molar-refractivity contribution in [1.82, 2.24) is 14.9 Å². The molecule has 138 valence electrons. The van der Waals surface area contributed by atoms with Crippen molar-refractivity contribution in [3.8, 4) is 5.69 Å². The normalized spacial score (nSPS) is 10.4. The third-order valence-electron chi connectivity index (χ3n) is 4.18. The number of carbonyl (C=O) groups excluding carboxylic acids is 2. The second kappa shape index (κ2) is 8.01. The maximum atomic E-state index is 12.6. The Balaban J connectivity index is 1.70. The number of rotatable bonds is 5. The van der Waals surface area contributed by atoms with Gasteiger partial charge in [-0.1, -0.05) is 36.4 Å². The molecule has 2 aromatic carbocycles. The highest BCUT2D eigenvalue weighted by molar-refractivity contribution is 7.71. The average Bonchev–Trinajstić information content (AvgIpc) is 3.05. The molecule has 0 atom stereocenters. The Morgan fingerprint density at radius 2 is 1.70 bits per heavy atom. The monoisotopic (exact) mass is 380 g/mol. The molecule has 0 saturated carbocycles. The summed E-state index contributed by atoms with van der Waals surface area (Å²) >= 11 is 5.27. The van der Waals surface area contributed by atoms with Crippen molar-refractivity contribution in [1.29, 1.82) is 0 Å². The smallest absolute Gasteiger partial charge is 0.270 e. The lowest BCUT2D eigenvalue weighted by Crippen LogP contribution is -2.34. The van der Waals surface area contributed by atoms with E-state index in [0.717, 1.165) is 22.5 Å². The fourth-order valence-electron chi connectivity index (χ4n) is 2.82. The number of aromatic nitrogens is 2. The van der Waals surface area contributed by atoms with Gasteiger partial charge in [0, 0.05) is 17.6 Å². The maximum absolute atomic E-state index is 12.6. The van der Waals surface area contributed by atoms with Gasteiger partial charge in [-0.05, 0) is 49.3 Å². The van der Waals surface area contributed by atoms with Gasteiger partial charge in [0.2, 0.25) is 5.91 Å². The van der Waals surface area contributed by atoms with E-state index < -0.39 is 0 Å². The van der Waals surface area contributed by atoms with Crippen LogP contribution in [0.5, 0.6) is 0 Å². The Morgan fingerprint density at radius 1 is 1.04 bits per heavy atom. The zero-order valence-electron chi connectivity index (χ0n) is 15.1. The lowest BCUT2D eigenvalue weighted by atomic mass is 10.1. The molecule has 0 radical (unpaired) electrons. The van der Waals surface area contributed by atoms with Gasteiger partial charge in [-0.25, -0.2) is 0 Å². The standard InChI is InChI=1S/C20H20N4O2S/c1-13-7-6-8-14(2)18(13)23-17(25)12-21-19(26)16-11-22-20(27)24(16)15-9-4-3-5-10-15/h3-11H,12H2,1-2H3,(H,21,26)(H,22,27)(H,23,25). The number of anilines is 1. The van der Waals surface area contributed by atoms with Crippen LogP contribution in [0.15, 0.2) is 54.7 Å². The third-order valence-corrected chi connectivity index (χ3v) is 4.48. The number of benzene rings is 2. The van der Waals surface area contributed by atoms with Gasteiger partial charge in [0.1, 0.15) is 5.69 Å². The minimum atomic E-state index is -0.386. The van der Waals surface area contributed by atoms with Gasteiger partial charge in [-0.3, -0.25) is 14.2 Å². The van der Waals surface area contributed by atoms with E-state index in [-0.39, 0.29) is 18.4 Å². The number of amides is 2. The predicted molar refractivity (Wildman–Crippen MR) is 108 cm³/mol. The Kier molecular flexibility index (Phi) is 5.52. The molecule has 0 aliphatic rings. The molecule has 1 heterocycles. The van der Waals surface area contributed by atoms with Crippen LogP contribution < -0.4 is 10.6 Å². The first-order valence-corrected chi connectivity index (χ1v) is 8.88. The molecule has 0 bridgehead atoms. The minimum Gasteiger partial charge on any atom is -0.342 e. The van der Waals surface area contributed by atoms with Gasteiger partial charge < -0.3 is 15.6 Å². The van der Waals surface area contributed by atoms with E-state index in [0.29, 0.717) is 10.5 Å². The summed E-state index contributed by atoms with van der Waals surface area (Å²) in [7, 11) is 0. The summed E-state index contributed by atoms with van der Waals surface area (Å²) in [6.45, 7) is 3.71. The van der Waals surface area contributed by atoms with Gasteiger partial charge in [0.15, 0.2) is 4.77 Å². The number of imidazole rings is 1. The van der Waals surface area contributed by atoms with Crippen LogP contribution in [0.4, 0.5) is 5.69 Å². The predicted octanol–water partition coefficient (Wildman–Crippen LogP) is 3.52. The van der Waals surface area contributed by atoms with E-state index in [9.17, 15) is 9.59 Å². The zero-order valence-corrected chi connectivity index (χ0v) is 15.9. The molecule has 2 amide bonds. The number of para-hydroxylation sites is 2. The largest absolute Gasteiger partial charge is 0.342 e. The fourth-order valence-corrected chi connectivity index (χ4v) is 3.08. The number of aryl methyl sites for hydroxylation is 2. The number of hydrogen-bond acceptors (Lipinski definition) is 3. The molecule has 7 heteroatoms. The van der Waals surface area contributed by atoms with E-state index in [4.69, 9.17) is 12.2 Å². The maximum Gasteiger partial charge on any atom is 0.270 e. The van der Waals surface area contributed by atoms with Crippen molar-refractivity contribution in [2.75, 3.05) is 11.9 Å². The highest BCUT2D eigenvalue weighted by atomic mass is 32.1. The molecule has 3 aromatic rings. The third kappa shape index (κ3) is 4.15. The van der Waals surface area contributed by atoms with Crippen LogP contribution in [0.3, 0.4) is 0 Å². The van der Waals surface area contributed by atoms with E-state index in [1.54, 1.807) is 4.57 Å². The molecule has 0 aliphatic carbocycles. The van der Waals surface area contributed by atoms with Crippen LogP contribution in [-0.4, -0.2) is 27.9 Å². The van der Waals surface area contributed by atoms with Crippen LogP contribution in [0.2, 0.25) is 0 Å². The highest BCUT2D eigenvalue weighted by Gasteiger charge is 2.15. The molecular weight excluding hydrogens is 360 g/mol. The number of H-pyrrole nitrogens is 1. The number of aromatic amines is 1. The summed E-state index contributed by atoms with van der Waals surface area (Å²) in [5.74, 6) is -0.677. The van der Waals surface area contributed by atoms with Crippen LogP contribution >= 0.6 is 12.2 Å². The second-order valence-corrected chi connectivity index (χ2v) is 6.53. The Bertz CT molecular complexity index is 1020. The summed E-state index contributed by atoms with van der Waals surface area (Å²) < 4.78 is 2.04. The van der Waals surface area contributed by atoms with Gasteiger partial charge in [-0.15, -0.1) is 0 Å². The fraction of sp³-hybridized carbons (Fsp3) is 0.150. The topological polar surface area (TPSA) is 78.9 Å². The minimum absolute atomic E-state index is 0.140. The van der Waals surface area contributed by atoms with Crippen molar-refractivity contribution in [3.05, 3.63) is 76.3 Å². The van der Waals surface area contributed by atoms with Crippen molar-refractivity contribution in [2.24, 2.45) is 0 Å². The van der Waals surface area contributed by atoms with Gasteiger partial charge in [-0.2, -0.15) is 0 Å². The molecule has 3 rings (SSSR count). The van der Waals surface area contributed by atoms with Gasteiger partial charge in [0.25, 0.3) is 5.91 Å². The number of nitrogens with zero attached hydrogens (tertiary/aromatic N) is 1. The molecule has 6 nitrogen and oxygen atoms in total. The van der Waals surface area contributed by atoms with Gasteiger partial charge in [0.05, 0.1) is 6.54 Å². The molecule has 27 heavy (non-hydrogen) atoms. The van der Waals surface area contributed by atoms with Crippen LogP contribution in [0.1, 0.15) is 21.6 Å². The van der Waals surface area contributed by atoms with Crippen molar-refractivity contribution < 1.29 is 9.59 Å². The number of hydrogen-bond donors (Lipinski definition) is 3. The van der Waals surface area contributed by atoms with E-state index >= 15 is 0 Å². The SMILES string of the molecule is Cc1cccc(C)c1NC(=O)CNC(=O)c1c[nH]c(=S)n1-c1ccccc1. The summed E-state index contributed by atoms with van der Waals surface area (Å²) in [5.41, 5.74) is 3.82. The first-order valence-electron chi connectivity index (χ1n) is 8.47. The molecule has 0 spiro atoms.